The van der Waals surface area contributed by atoms with Crippen molar-refractivity contribution in [3.05, 3.63) is 23.8 Å². The highest BCUT2D eigenvalue weighted by molar-refractivity contribution is 6.07. The van der Waals surface area contributed by atoms with Crippen LogP contribution in [0.1, 0.15) is 39.2 Å². The van der Waals surface area contributed by atoms with Crippen LogP contribution in [0.25, 0.3) is 0 Å². The zero-order valence-electron chi connectivity index (χ0n) is 17.1. The molecule has 4 amide bonds. The van der Waals surface area contributed by atoms with Crippen molar-refractivity contribution in [1.29, 1.82) is 0 Å². The van der Waals surface area contributed by atoms with Crippen molar-refractivity contribution in [2.75, 3.05) is 26.4 Å². The topological polar surface area (TPSA) is 88.2 Å². The van der Waals surface area contributed by atoms with Gasteiger partial charge in [0.05, 0.1) is 0 Å². The summed E-state index contributed by atoms with van der Waals surface area (Å²) in [5.41, 5.74) is 0.0649. The van der Waals surface area contributed by atoms with Crippen molar-refractivity contribution in [3.8, 4) is 11.5 Å². The minimum atomic E-state index is -1.02. The van der Waals surface area contributed by atoms with Crippen molar-refractivity contribution in [1.82, 2.24) is 15.1 Å². The molecule has 0 aliphatic carbocycles. The van der Waals surface area contributed by atoms with Crippen LogP contribution in [0.2, 0.25) is 0 Å². The maximum Gasteiger partial charge on any atom is 0.325 e. The van der Waals surface area contributed by atoms with Gasteiger partial charge in [0.25, 0.3) is 5.91 Å². The Kier molecular flexibility index (Phi) is 4.67. The van der Waals surface area contributed by atoms with Crippen molar-refractivity contribution in [2.45, 2.75) is 45.6 Å². The van der Waals surface area contributed by atoms with E-state index in [0.29, 0.717) is 13.1 Å². The number of carbonyl (C=O) groups is 3. The standard InChI is InChI=1S/C21H27N3O5/c1-20(2)18(26)22-19(27)24(20)11-17(25)23-8-4-7-21(3,12-23)10-14-5-6-15-16(9-14)29-13-28-15/h5-6,9H,4,7-8,10-13H2,1-3H3,(H,22,26,27)/t21-/m1/s1. The molecule has 2 saturated heterocycles. The number of fused-ring (bicyclic) bond motifs is 1. The van der Waals surface area contributed by atoms with E-state index in [1.165, 1.54) is 4.90 Å². The molecule has 8 heteroatoms. The van der Waals surface area contributed by atoms with E-state index in [1.807, 2.05) is 23.1 Å². The maximum absolute atomic E-state index is 12.9. The van der Waals surface area contributed by atoms with Gasteiger partial charge in [0, 0.05) is 13.1 Å². The fraction of sp³-hybridized carbons (Fsp3) is 0.571. The highest BCUT2D eigenvalue weighted by Gasteiger charge is 2.47. The number of carbonyl (C=O) groups excluding carboxylic acids is 3. The van der Waals surface area contributed by atoms with Crippen molar-refractivity contribution >= 4 is 17.8 Å². The number of benzene rings is 1. The average molecular weight is 401 g/mol. The minimum absolute atomic E-state index is 0.0692. The number of amides is 4. The van der Waals surface area contributed by atoms with Gasteiger partial charge in [0.1, 0.15) is 12.1 Å². The van der Waals surface area contributed by atoms with Crippen LogP contribution in [0.15, 0.2) is 18.2 Å². The summed E-state index contributed by atoms with van der Waals surface area (Å²) in [6.07, 6.45) is 2.74. The van der Waals surface area contributed by atoms with E-state index in [0.717, 1.165) is 36.3 Å². The zero-order chi connectivity index (χ0) is 20.8. The Morgan fingerprint density at radius 2 is 1.93 bits per heavy atom. The molecule has 0 saturated carbocycles. The summed E-state index contributed by atoms with van der Waals surface area (Å²) < 4.78 is 10.9. The summed E-state index contributed by atoms with van der Waals surface area (Å²) in [4.78, 5) is 40.1. The number of nitrogens with one attached hydrogen (secondary N) is 1. The molecule has 3 aliphatic heterocycles. The van der Waals surface area contributed by atoms with Gasteiger partial charge < -0.3 is 19.3 Å². The Labute approximate surface area is 170 Å². The predicted octanol–water partition coefficient (Wildman–Crippen LogP) is 1.92. The van der Waals surface area contributed by atoms with E-state index in [4.69, 9.17) is 9.47 Å². The molecule has 1 atom stereocenters. The summed E-state index contributed by atoms with van der Waals surface area (Å²) in [7, 11) is 0. The Morgan fingerprint density at radius 3 is 2.66 bits per heavy atom. The van der Waals surface area contributed by atoms with Gasteiger partial charge in [-0.05, 0) is 56.2 Å². The van der Waals surface area contributed by atoms with Gasteiger partial charge in [-0.1, -0.05) is 13.0 Å². The summed E-state index contributed by atoms with van der Waals surface area (Å²) in [5, 5.41) is 2.29. The van der Waals surface area contributed by atoms with Gasteiger partial charge in [0.15, 0.2) is 11.5 Å². The summed E-state index contributed by atoms with van der Waals surface area (Å²) >= 11 is 0. The molecule has 29 heavy (non-hydrogen) atoms. The quantitative estimate of drug-likeness (QED) is 0.779. The van der Waals surface area contributed by atoms with Crippen LogP contribution in [-0.2, 0) is 16.0 Å². The Hall–Kier alpha value is -2.77. The van der Waals surface area contributed by atoms with Crippen LogP contribution in [0.4, 0.5) is 4.79 Å². The third kappa shape index (κ3) is 3.63. The normalized spacial score (nSPS) is 25.3. The molecule has 1 N–H and O–H groups in total. The van der Waals surface area contributed by atoms with E-state index in [9.17, 15) is 14.4 Å². The van der Waals surface area contributed by atoms with Gasteiger partial charge in [-0.2, -0.15) is 0 Å². The summed E-state index contributed by atoms with van der Waals surface area (Å²) in [6, 6.07) is 5.48. The first kappa shape index (κ1) is 19.5. The average Bonchev–Trinajstić information content (AvgIpc) is 3.19. The number of piperidine rings is 1. The molecule has 3 heterocycles. The second-order valence-corrected chi connectivity index (χ2v) is 9.00. The molecule has 0 unspecified atom stereocenters. The molecule has 0 radical (unpaired) electrons. The van der Waals surface area contributed by atoms with Crippen molar-refractivity contribution < 1.29 is 23.9 Å². The molecule has 2 fully saturated rings. The monoisotopic (exact) mass is 401 g/mol. The maximum atomic E-state index is 12.9. The van der Waals surface area contributed by atoms with Gasteiger partial charge in [0.2, 0.25) is 12.7 Å². The number of hydrogen-bond acceptors (Lipinski definition) is 5. The Bertz CT molecular complexity index is 868. The third-order valence-electron chi connectivity index (χ3n) is 6.19. The van der Waals surface area contributed by atoms with Crippen LogP contribution < -0.4 is 14.8 Å². The lowest BCUT2D eigenvalue weighted by Crippen LogP contribution is -2.53. The van der Waals surface area contributed by atoms with E-state index < -0.39 is 11.6 Å². The van der Waals surface area contributed by atoms with Crippen molar-refractivity contribution in [2.24, 2.45) is 5.41 Å². The minimum Gasteiger partial charge on any atom is -0.454 e. The highest BCUT2D eigenvalue weighted by Crippen LogP contribution is 2.37. The Balaban J connectivity index is 1.43. The number of hydrogen-bond donors (Lipinski definition) is 1. The molecule has 0 aromatic heterocycles. The molecule has 156 valence electrons. The van der Waals surface area contributed by atoms with Gasteiger partial charge in [-0.3, -0.25) is 14.9 Å². The second kappa shape index (κ2) is 6.93. The van der Waals surface area contributed by atoms with Crippen LogP contribution in [-0.4, -0.2) is 59.6 Å². The van der Waals surface area contributed by atoms with E-state index >= 15 is 0 Å². The first-order valence-corrected chi connectivity index (χ1v) is 9.97. The largest absolute Gasteiger partial charge is 0.454 e. The molecular formula is C21H27N3O5. The SMILES string of the molecule is CC1(C)C(=O)NC(=O)N1CC(=O)N1CCC[C@](C)(Cc2ccc3c(c2)OCO3)C1. The van der Waals surface area contributed by atoms with Gasteiger partial charge in [-0.25, -0.2) is 4.79 Å². The molecule has 4 rings (SSSR count). The zero-order valence-corrected chi connectivity index (χ0v) is 17.1. The molecule has 8 nitrogen and oxygen atoms in total. The van der Waals surface area contributed by atoms with Crippen LogP contribution in [0.3, 0.4) is 0 Å². The first-order chi connectivity index (χ1) is 13.7. The van der Waals surface area contributed by atoms with E-state index in [1.54, 1.807) is 13.8 Å². The van der Waals surface area contributed by atoms with Gasteiger partial charge in [-0.15, -0.1) is 0 Å². The lowest BCUT2D eigenvalue weighted by Gasteiger charge is -2.41. The molecule has 1 aromatic rings. The molecule has 0 bridgehead atoms. The molecule has 1 aromatic carbocycles. The van der Waals surface area contributed by atoms with Crippen molar-refractivity contribution in [3.63, 3.8) is 0 Å². The van der Waals surface area contributed by atoms with E-state index in [-0.39, 0.29) is 30.6 Å². The predicted molar refractivity (Wildman–Crippen MR) is 105 cm³/mol. The summed E-state index contributed by atoms with van der Waals surface area (Å²) in [6.45, 7) is 6.93. The smallest absolute Gasteiger partial charge is 0.325 e. The third-order valence-corrected chi connectivity index (χ3v) is 6.19. The van der Waals surface area contributed by atoms with Crippen LogP contribution in [0, 0.1) is 5.41 Å². The second-order valence-electron chi connectivity index (χ2n) is 9.00. The van der Waals surface area contributed by atoms with Crippen LogP contribution in [0.5, 0.6) is 11.5 Å². The number of nitrogens with zero attached hydrogens (tertiary/aromatic N) is 2. The Morgan fingerprint density at radius 1 is 1.17 bits per heavy atom. The number of ether oxygens (including phenoxy) is 2. The number of likely N-dealkylation sites (tertiary alicyclic amines) is 1. The van der Waals surface area contributed by atoms with E-state index in [2.05, 4.69) is 12.2 Å². The van der Waals surface area contributed by atoms with Gasteiger partial charge >= 0.3 is 6.03 Å². The summed E-state index contributed by atoms with van der Waals surface area (Å²) in [5.74, 6) is 1.03. The lowest BCUT2D eigenvalue weighted by molar-refractivity contribution is -0.136. The molecular weight excluding hydrogens is 374 g/mol. The number of rotatable bonds is 4. The fourth-order valence-corrected chi connectivity index (χ4v) is 4.42. The lowest BCUT2D eigenvalue weighted by atomic mass is 9.77. The number of imide groups is 1. The highest BCUT2D eigenvalue weighted by atomic mass is 16.7. The molecule has 0 spiro atoms. The first-order valence-electron chi connectivity index (χ1n) is 9.97. The molecule has 3 aliphatic rings. The van der Waals surface area contributed by atoms with Crippen LogP contribution >= 0.6 is 0 Å². The number of urea groups is 1. The fourth-order valence-electron chi connectivity index (χ4n) is 4.42.